The first kappa shape index (κ1) is 13.5. The fraction of sp³-hybridized carbons (Fsp3) is 0.500. The lowest BCUT2D eigenvalue weighted by atomic mass is 10.2. The summed E-state index contributed by atoms with van der Waals surface area (Å²) < 4.78 is 44.4. The smallest absolute Gasteiger partial charge is 0.455 e. The number of alkyl halides is 3. The Balaban J connectivity index is 4.92. The molecular weight excluding hydrogens is 217 g/mol. The third-order valence-corrected chi connectivity index (χ3v) is 1.23. The fourth-order valence-corrected chi connectivity index (χ4v) is 0.674. The predicted octanol–water partition coefficient (Wildman–Crippen LogP) is 1.21. The van der Waals surface area contributed by atoms with E-state index in [1.54, 1.807) is 0 Å². The molecule has 7 heteroatoms. The Morgan fingerprint density at radius 2 is 1.87 bits per heavy atom. The number of ether oxygens (including phenoxy) is 2. The van der Waals surface area contributed by atoms with Gasteiger partial charge in [-0.05, 0) is 6.92 Å². The Morgan fingerprint density at radius 3 is 2.20 bits per heavy atom. The fourth-order valence-electron chi connectivity index (χ4n) is 0.674. The molecule has 0 aromatic rings. The lowest BCUT2D eigenvalue weighted by Gasteiger charge is -2.07. The van der Waals surface area contributed by atoms with E-state index in [0.29, 0.717) is 6.26 Å². The molecule has 0 atom stereocenters. The van der Waals surface area contributed by atoms with Crippen LogP contribution in [0.15, 0.2) is 11.8 Å². The highest BCUT2D eigenvalue weighted by Gasteiger charge is 2.43. The third-order valence-electron chi connectivity index (χ3n) is 1.23. The Kier molecular flexibility index (Phi) is 4.83. The molecule has 0 radical (unpaired) electrons. The largest absolute Gasteiger partial charge is 0.503 e. The van der Waals surface area contributed by atoms with Crippen LogP contribution in [0.3, 0.4) is 0 Å². The van der Waals surface area contributed by atoms with Crippen molar-refractivity contribution in [2.75, 3.05) is 13.7 Å². The van der Waals surface area contributed by atoms with Gasteiger partial charge in [0.2, 0.25) is 0 Å². The Bertz CT molecular complexity index is 280. The number of esters is 1. The highest BCUT2D eigenvalue weighted by atomic mass is 19.4. The van der Waals surface area contributed by atoms with Gasteiger partial charge in [-0.2, -0.15) is 13.2 Å². The van der Waals surface area contributed by atoms with Crippen molar-refractivity contribution < 1.29 is 32.2 Å². The van der Waals surface area contributed by atoms with Gasteiger partial charge in [0.05, 0.1) is 13.7 Å². The molecule has 0 aliphatic carbocycles. The molecule has 0 rings (SSSR count). The molecule has 0 spiro atoms. The zero-order valence-corrected chi connectivity index (χ0v) is 8.05. The van der Waals surface area contributed by atoms with E-state index in [4.69, 9.17) is 0 Å². The van der Waals surface area contributed by atoms with Crippen LogP contribution in [0, 0.1) is 0 Å². The molecule has 0 unspecified atom stereocenters. The molecule has 0 N–H and O–H groups in total. The first-order valence-corrected chi connectivity index (χ1v) is 3.86. The molecular formula is C8H9F3O4. The zero-order chi connectivity index (χ0) is 12.1. The second-order valence-electron chi connectivity index (χ2n) is 2.31. The number of hydrogen-bond donors (Lipinski definition) is 0. The standard InChI is InChI=1S/C8H9F3O4/c1-3-15-7(13)5(4-14-2)6(12)8(9,10)11/h4H,3H2,1-2H3/b5-4+. The monoisotopic (exact) mass is 226 g/mol. The van der Waals surface area contributed by atoms with Gasteiger partial charge >= 0.3 is 12.1 Å². The number of ketones is 1. The van der Waals surface area contributed by atoms with Crippen LogP contribution in [0.25, 0.3) is 0 Å². The molecule has 0 aliphatic heterocycles. The van der Waals surface area contributed by atoms with E-state index < -0.39 is 23.5 Å². The molecule has 0 bridgehead atoms. The van der Waals surface area contributed by atoms with Crippen LogP contribution in [-0.2, 0) is 19.1 Å². The average molecular weight is 226 g/mol. The maximum Gasteiger partial charge on any atom is 0.455 e. The molecule has 0 aromatic carbocycles. The van der Waals surface area contributed by atoms with E-state index in [1.165, 1.54) is 6.92 Å². The van der Waals surface area contributed by atoms with Crippen LogP contribution in [-0.4, -0.2) is 31.6 Å². The van der Waals surface area contributed by atoms with Crippen molar-refractivity contribution in [3.63, 3.8) is 0 Å². The molecule has 15 heavy (non-hydrogen) atoms. The van der Waals surface area contributed by atoms with Gasteiger partial charge in [0.1, 0.15) is 11.8 Å². The summed E-state index contributed by atoms with van der Waals surface area (Å²) in [7, 11) is 1.02. The van der Waals surface area contributed by atoms with E-state index in [2.05, 4.69) is 9.47 Å². The molecule has 0 aromatic heterocycles. The summed E-state index contributed by atoms with van der Waals surface area (Å²) in [5, 5.41) is 0. The van der Waals surface area contributed by atoms with Gasteiger partial charge in [-0.25, -0.2) is 4.79 Å². The van der Waals surface area contributed by atoms with Gasteiger partial charge in [0, 0.05) is 0 Å². The summed E-state index contributed by atoms with van der Waals surface area (Å²) in [4.78, 5) is 21.6. The molecule has 0 aliphatic rings. The minimum Gasteiger partial charge on any atom is -0.503 e. The minimum absolute atomic E-state index is 0.134. The van der Waals surface area contributed by atoms with Gasteiger partial charge in [-0.3, -0.25) is 4.79 Å². The lowest BCUT2D eigenvalue weighted by molar-refractivity contribution is -0.169. The number of rotatable bonds is 4. The average Bonchev–Trinajstić information content (AvgIpc) is 2.12. The molecule has 0 fully saturated rings. The van der Waals surface area contributed by atoms with Crippen molar-refractivity contribution >= 4 is 11.8 Å². The van der Waals surface area contributed by atoms with Crippen LogP contribution in [0.4, 0.5) is 13.2 Å². The highest BCUT2D eigenvalue weighted by Crippen LogP contribution is 2.21. The van der Waals surface area contributed by atoms with Crippen LogP contribution in [0.1, 0.15) is 6.92 Å². The number of carbonyl (C=O) groups is 2. The van der Waals surface area contributed by atoms with E-state index in [1.807, 2.05) is 0 Å². The van der Waals surface area contributed by atoms with Crippen LogP contribution < -0.4 is 0 Å². The Hall–Kier alpha value is -1.53. The van der Waals surface area contributed by atoms with E-state index >= 15 is 0 Å². The van der Waals surface area contributed by atoms with E-state index in [0.717, 1.165) is 7.11 Å². The summed E-state index contributed by atoms with van der Waals surface area (Å²) in [5.41, 5.74) is -1.17. The second kappa shape index (κ2) is 5.38. The SMILES string of the molecule is CCOC(=O)/C(=C/OC)C(=O)C(F)(F)F. The predicted molar refractivity (Wildman–Crippen MR) is 42.8 cm³/mol. The summed E-state index contributed by atoms with van der Waals surface area (Å²) in [6, 6.07) is 0. The molecule has 0 heterocycles. The van der Waals surface area contributed by atoms with Crippen LogP contribution in [0.5, 0.6) is 0 Å². The van der Waals surface area contributed by atoms with E-state index in [-0.39, 0.29) is 6.61 Å². The number of hydrogen-bond acceptors (Lipinski definition) is 4. The maximum absolute atomic E-state index is 12.0. The summed E-state index contributed by atoms with van der Waals surface area (Å²) in [6.07, 6.45) is -4.72. The third kappa shape index (κ3) is 4.01. The van der Waals surface area contributed by atoms with Crippen LogP contribution in [0.2, 0.25) is 0 Å². The Labute approximate surface area is 83.7 Å². The summed E-state index contributed by atoms with van der Waals surface area (Å²) in [5.74, 6) is -3.65. The number of methoxy groups -OCH3 is 1. The van der Waals surface area contributed by atoms with Crippen molar-refractivity contribution in [1.29, 1.82) is 0 Å². The normalized spacial score (nSPS) is 12.2. The molecule has 86 valence electrons. The molecule has 0 saturated carbocycles. The topological polar surface area (TPSA) is 52.6 Å². The highest BCUT2D eigenvalue weighted by molar-refractivity contribution is 6.19. The first-order valence-electron chi connectivity index (χ1n) is 3.86. The van der Waals surface area contributed by atoms with Gasteiger partial charge in [0.25, 0.3) is 5.78 Å². The van der Waals surface area contributed by atoms with Gasteiger partial charge < -0.3 is 9.47 Å². The lowest BCUT2D eigenvalue weighted by Crippen LogP contribution is -2.29. The van der Waals surface area contributed by atoms with Gasteiger partial charge in [0.15, 0.2) is 0 Å². The van der Waals surface area contributed by atoms with Crippen molar-refractivity contribution in [2.45, 2.75) is 13.1 Å². The quantitative estimate of drug-likeness (QED) is 0.238. The number of halogens is 3. The molecule has 0 amide bonds. The summed E-state index contributed by atoms with van der Waals surface area (Å²) in [6.45, 7) is 1.27. The zero-order valence-electron chi connectivity index (χ0n) is 8.05. The number of carbonyl (C=O) groups excluding carboxylic acids is 2. The van der Waals surface area contributed by atoms with Crippen molar-refractivity contribution in [2.24, 2.45) is 0 Å². The van der Waals surface area contributed by atoms with Crippen LogP contribution >= 0.6 is 0 Å². The van der Waals surface area contributed by atoms with Crippen molar-refractivity contribution in [3.05, 3.63) is 11.8 Å². The molecule has 4 nitrogen and oxygen atoms in total. The van der Waals surface area contributed by atoms with Crippen molar-refractivity contribution in [3.8, 4) is 0 Å². The summed E-state index contributed by atoms with van der Waals surface area (Å²) >= 11 is 0. The minimum atomic E-state index is -5.13. The van der Waals surface area contributed by atoms with E-state index in [9.17, 15) is 22.8 Å². The van der Waals surface area contributed by atoms with Crippen molar-refractivity contribution in [1.82, 2.24) is 0 Å². The Morgan fingerprint density at radius 1 is 1.33 bits per heavy atom. The molecule has 0 saturated heterocycles. The van der Waals surface area contributed by atoms with Gasteiger partial charge in [-0.15, -0.1) is 0 Å². The first-order chi connectivity index (χ1) is 6.84. The number of Topliss-reactive ketones (excluding diaryl/α,β-unsaturated/α-hetero) is 1. The second-order valence-corrected chi connectivity index (χ2v) is 2.31. The maximum atomic E-state index is 12.0. The van der Waals surface area contributed by atoms with Gasteiger partial charge in [-0.1, -0.05) is 0 Å².